The third-order valence-corrected chi connectivity index (χ3v) is 4.17. The molecule has 1 fully saturated rings. The number of ether oxygens (including phenoxy) is 1. The largest absolute Gasteiger partial charge is 0.442 e. The number of hydrogen-bond acceptors (Lipinski definition) is 6. The van der Waals surface area contributed by atoms with Gasteiger partial charge < -0.3 is 19.4 Å². The van der Waals surface area contributed by atoms with Crippen LogP contribution in [0.3, 0.4) is 0 Å². The van der Waals surface area contributed by atoms with Gasteiger partial charge in [0.1, 0.15) is 17.9 Å². The first-order valence-electron chi connectivity index (χ1n) is 7.99. The number of aryl methyl sites for hydroxylation is 1. The summed E-state index contributed by atoms with van der Waals surface area (Å²) in [4.78, 5) is 23.4. The molecule has 3 rings (SSSR count). The Balaban J connectivity index is 2.06. The highest BCUT2D eigenvalue weighted by Gasteiger charge is 2.26. The molecule has 0 saturated carbocycles. The summed E-state index contributed by atoms with van der Waals surface area (Å²) in [5.74, 6) is 1.17. The molecule has 2 aromatic heterocycles. The van der Waals surface area contributed by atoms with Gasteiger partial charge in [0.05, 0.1) is 24.2 Å². The van der Waals surface area contributed by atoms with Gasteiger partial charge in [0.25, 0.3) is 5.91 Å². The van der Waals surface area contributed by atoms with E-state index in [-0.39, 0.29) is 11.9 Å². The summed E-state index contributed by atoms with van der Waals surface area (Å²) in [6.45, 7) is 8.58. The number of carbonyl (C=O) groups excluding carboxylic acids is 1. The Hall–Kier alpha value is -2.15. The van der Waals surface area contributed by atoms with Crippen molar-refractivity contribution in [3.05, 3.63) is 17.7 Å². The van der Waals surface area contributed by atoms with Gasteiger partial charge in [0.2, 0.25) is 5.71 Å². The molecule has 0 radical (unpaired) electrons. The van der Waals surface area contributed by atoms with Gasteiger partial charge in [-0.15, -0.1) is 0 Å². The third kappa shape index (κ3) is 3.01. The van der Waals surface area contributed by atoms with E-state index >= 15 is 0 Å². The van der Waals surface area contributed by atoms with E-state index in [9.17, 15) is 4.79 Å². The minimum absolute atomic E-state index is 0.100. The number of nitrogens with zero attached hydrogens (tertiary/aromatic N) is 3. The summed E-state index contributed by atoms with van der Waals surface area (Å²) in [6.07, 6.45) is 2.35. The van der Waals surface area contributed by atoms with Crippen molar-refractivity contribution in [1.29, 1.82) is 0 Å². The average molecular weight is 318 g/mol. The molecule has 0 spiro atoms. The highest BCUT2D eigenvalue weighted by Crippen LogP contribution is 2.31. The Morgan fingerprint density at radius 2 is 2.13 bits per heavy atom. The topological polar surface area (TPSA) is 80.5 Å². The Morgan fingerprint density at radius 3 is 2.83 bits per heavy atom. The van der Waals surface area contributed by atoms with Gasteiger partial charge in [-0.3, -0.25) is 4.79 Å². The number of nitrogens with one attached hydrogen (secondary N) is 1. The predicted molar refractivity (Wildman–Crippen MR) is 86.8 cm³/mol. The van der Waals surface area contributed by atoms with Gasteiger partial charge in [-0.05, 0) is 20.3 Å². The van der Waals surface area contributed by atoms with Gasteiger partial charge in [-0.1, -0.05) is 6.92 Å². The minimum Gasteiger partial charge on any atom is -0.442 e. The number of rotatable bonds is 4. The van der Waals surface area contributed by atoms with Gasteiger partial charge >= 0.3 is 0 Å². The van der Waals surface area contributed by atoms with Gasteiger partial charge in [0, 0.05) is 19.1 Å². The minimum atomic E-state index is -0.139. The van der Waals surface area contributed by atoms with Crippen LogP contribution in [0.15, 0.2) is 10.7 Å². The maximum atomic E-state index is 12.7. The third-order valence-electron chi connectivity index (χ3n) is 4.17. The van der Waals surface area contributed by atoms with Gasteiger partial charge in [-0.25, -0.2) is 9.97 Å². The molecule has 7 nitrogen and oxygen atoms in total. The molecule has 1 N–H and O–H groups in total. The number of hydrogen-bond donors (Lipinski definition) is 1. The quantitative estimate of drug-likeness (QED) is 0.927. The van der Waals surface area contributed by atoms with E-state index < -0.39 is 0 Å². The van der Waals surface area contributed by atoms with Crippen LogP contribution in [0.5, 0.6) is 0 Å². The maximum absolute atomic E-state index is 12.7. The summed E-state index contributed by atoms with van der Waals surface area (Å²) in [5, 5.41) is 3.69. The molecule has 0 aliphatic carbocycles. The lowest BCUT2D eigenvalue weighted by molar-refractivity contribution is 0.0939. The monoisotopic (exact) mass is 318 g/mol. The van der Waals surface area contributed by atoms with Crippen LogP contribution in [0.1, 0.15) is 36.4 Å². The number of carbonyl (C=O) groups is 1. The Morgan fingerprint density at radius 1 is 1.39 bits per heavy atom. The summed E-state index contributed by atoms with van der Waals surface area (Å²) in [7, 11) is 0. The van der Waals surface area contributed by atoms with E-state index in [1.54, 1.807) is 6.92 Å². The van der Waals surface area contributed by atoms with Crippen molar-refractivity contribution in [3.63, 3.8) is 0 Å². The van der Waals surface area contributed by atoms with Crippen LogP contribution in [0.2, 0.25) is 0 Å². The van der Waals surface area contributed by atoms with E-state index in [4.69, 9.17) is 9.15 Å². The lowest BCUT2D eigenvalue weighted by Gasteiger charge is -2.28. The summed E-state index contributed by atoms with van der Waals surface area (Å²) < 4.78 is 11.1. The van der Waals surface area contributed by atoms with E-state index in [0.29, 0.717) is 35.6 Å². The van der Waals surface area contributed by atoms with Crippen LogP contribution in [-0.4, -0.2) is 48.2 Å². The number of anilines is 1. The smallest absolute Gasteiger partial charge is 0.255 e. The normalized spacial score (nSPS) is 16.6. The van der Waals surface area contributed by atoms with Crippen molar-refractivity contribution in [3.8, 4) is 0 Å². The van der Waals surface area contributed by atoms with Crippen LogP contribution >= 0.6 is 0 Å². The molecule has 1 saturated heterocycles. The fraction of sp³-hybridized carbons (Fsp3) is 0.562. The Labute approximate surface area is 135 Å². The fourth-order valence-corrected chi connectivity index (χ4v) is 2.72. The van der Waals surface area contributed by atoms with Gasteiger partial charge in [-0.2, -0.15) is 0 Å². The number of morpholine rings is 1. The van der Waals surface area contributed by atoms with E-state index in [1.165, 1.54) is 6.33 Å². The number of fused-ring (bicyclic) bond motifs is 1. The molecule has 1 atom stereocenters. The summed E-state index contributed by atoms with van der Waals surface area (Å²) in [6, 6.07) is 0.100. The van der Waals surface area contributed by atoms with Crippen molar-refractivity contribution in [2.24, 2.45) is 0 Å². The van der Waals surface area contributed by atoms with Gasteiger partial charge in [0.15, 0.2) is 0 Å². The van der Waals surface area contributed by atoms with Crippen molar-refractivity contribution in [2.75, 3.05) is 31.2 Å². The highest BCUT2D eigenvalue weighted by molar-refractivity contribution is 6.10. The van der Waals surface area contributed by atoms with Crippen molar-refractivity contribution >= 4 is 22.8 Å². The Kier molecular flexibility index (Phi) is 4.47. The first-order valence-corrected chi connectivity index (χ1v) is 7.99. The predicted octanol–water partition coefficient (Wildman–Crippen LogP) is 1.90. The molecule has 23 heavy (non-hydrogen) atoms. The first kappa shape index (κ1) is 15.7. The molecule has 124 valence electrons. The van der Waals surface area contributed by atoms with Crippen LogP contribution in [0.25, 0.3) is 11.1 Å². The standard InChI is InChI=1S/C16H22N4O3/c1-4-10(2)19-15(21)12-11(3)23-16-13(12)14(17-9-18-16)20-5-7-22-8-6-20/h9-10H,4-8H2,1-3H3,(H,19,21). The zero-order chi connectivity index (χ0) is 16.4. The molecule has 1 unspecified atom stereocenters. The highest BCUT2D eigenvalue weighted by atomic mass is 16.5. The van der Waals surface area contributed by atoms with Crippen LogP contribution < -0.4 is 10.2 Å². The van der Waals surface area contributed by atoms with E-state index in [2.05, 4.69) is 20.2 Å². The van der Waals surface area contributed by atoms with Crippen LogP contribution in [0.4, 0.5) is 5.82 Å². The second-order valence-corrected chi connectivity index (χ2v) is 5.79. The molecule has 1 aliphatic heterocycles. The van der Waals surface area contributed by atoms with Crippen LogP contribution in [-0.2, 0) is 4.74 Å². The lowest BCUT2D eigenvalue weighted by atomic mass is 10.1. The summed E-state index contributed by atoms with van der Waals surface area (Å²) >= 11 is 0. The molecular weight excluding hydrogens is 296 g/mol. The molecule has 3 heterocycles. The van der Waals surface area contributed by atoms with E-state index in [1.807, 2.05) is 13.8 Å². The summed E-state index contributed by atoms with van der Waals surface area (Å²) in [5.41, 5.74) is 0.982. The molecule has 0 bridgehead atoms. The molecule has 7 heteroatoms. The average Bonchev–Trinajstić information content (AvgIpc) is 2.91. The van der Waals surface area contributed by atoms with Crippen molar-refractivity contribution in [2.45, 2.75) is 33.2 Å². The van der Waals surface area contributed by atoms with Crippen molar-refractivity contribution < 1.29 is 13.9 Å². The fourth-order valence-electron chi connectivity index (χ4n) is 2.72. The van der Waals surface area contributed by atoms with Crippen LogP contribution in [0, 0.1) is 6.92 Å². The zero-order valence-corrected chi connectivity index (χ0v) is 13.8. The maximum Gasteiger partial charge on any atom is 0.255 e. The first-order chi connectivity index (χ1) is 11.1. The number of aromatic nitrogens is 2. The molecule has 2 aromatic rings. The molecule has 1 amide bonds. The number of amides is 1. The SMILES string of the molecule is CCC(C)NC(=O)c1c(C)oc2ncnc(N3CCOCC3)c12. The molecular formula is C16H22N4O3. The lowest BCUT2D eigenvalue weighted by Crippen LogP contribution is -2.37. The Bertz CT molecular complexity index is 707. The van der Waals surface area contributed by atoms with E-state index in [0.717, 1.165) is 25.3 Å². The second kappa shape index (κ2) is 6.54. The molecule has 0 aromatic carbocycles. The zero-order valence-electron chi connectivity index (χ0n) is 13.8. The number of furan rings is 1. The second-order valence-electron chi connectivity index (χ2n) is 5.79. The molecule has 1 aliphatic rings. The van der Waals surface area contributed by atoms with Crippen molar-refractivity contribution in [1.82, 2.24) is 15.3 Å².